The molecule has 0 unspecified atom stereocenters. The van der Waals surface area contributed by atoms with Crippen molar-refractivity contribution in [2.45, 2.75) is 32.6 Å². The van der Waals surface area contributed by atoms with Crippen molar-refractivity contribution in [3.63, 3.8) is 0 Å². The molecule has 0 aliphatic rings. The number of hydrogen-bond donors (Lipinski definition) is 2. The number of amides is 1. The van der Waals surface area contributed by atoms with Crippen LogP contribution in [0.1, 0.15) is 43.1 Å². The molecule has 212 valence electrons. The monoisotopic (exact) mass is 559 g/mol. The molecule has 0 heterocycles. The van der Waals surface area contributed by atoms with E-state index in [4.69, 9.17) is 9.47 Å². The van der Waals surface area contributed by atoms with E-state index < -0.39 is 5.91 Å². The standard InChI is InChI=1S/C35H33N3O4/c1-5-35(2,3)23-13-17-26(18-14-23)42-27-19-15-24(16-20-27)36-34(40)31-22-32(29-11-6-7-12-30(29)33(31)39)38-37-25-9-8-10-28(21-25)41-4/h6-22,39H,5H2,1-4H3,(H,36,40). The summed E-state index contributed by atoms with van der Waals surface area (Å²) >= 11 is 0. The summed E-state index contributed by atoms with van der Waals surface area (Å²) in [6.45, 7) is 6.63. The minimum Gasteiger partial charge on any atom is -0.506 e. The highest BCUT2D eigenvalue weighted by Crippen LogP contribution is 2.37. The van der Waals surface area contributed by atoms with Gasteiger partial charge in [-0.2, -0.15) is 5.11 Å². The van der Waals surface area contributed by atoms with E-state index in [9.17, 15) is 9.90 Å². The molecule has 42 heavy (non-hydrogen) atoms. The molecule has 7 nitrogen and oxygen atoms in total. The molecule has 0 fully saturated rings. The maximum Gasteiger partial charge on any atom is 0.259 e. The van der Waals surface area contributed by atoms with Crippen molar-refractivity contribution >= 4 is 33.7 Å². The van der Waals surface area contributed by atoms with Gasteiger partial charge in [-0.1, -0.05) is 63.2 Å². The van der Waals surface area contributed by atoms with E-state index in [2.05, 4.69) is 48.4 Å². The number of azo groups is 1. The van der Waals surface area contributed by atoms with E-state index >= 15 is 0 Å². The topological polar surface area (TPSA) is 92.5 Å². The lowest BCUT2D eigenvalue weighted by atomic mass is 9.82. The van der Waals surface area contributed by atoms with Crippen molar-refractivity contribution in [1.82, 2.24) is 0 Å². The zero-order chi connectivity index (χ0) is 29.7. The summed E-state index contributed by atoms with van der Waals surface area (Å²) < 4.78 is 11.3. The van der Waals surface area contributed by atoms with Crippen LogP contribution < -0.4 is 14.8 Å². The number of anilines is 1. The quantitative estimate of drug-likeness (QED) is 0.176. The second-order valence-electron chi connectivity index (χ2n) is 10.6. The summed E-state index contributed by atoms with van der Waals surface area (Å²) in [5.41, 5.74) is 3.06. The molecule has 0 bridgehead atoms. The summed E-state index contributed by atoms with van der Waals surface area (Å²) in [7, 11) is 1.59. The predicted octanol–water partition coefficient (Wildman–Crippen LogP) is 9.70. The van der Waals surface area contributed by atoms with Crippen LogP contribution in [-0.4, -0.2) is 18.1 Å². The molecule has 5 aromatic carbocycles. The molecule has 5 aromatic rings. The first-order chi connectivity index (χ1) is 20.3. The highest BCUT2D eigenvalue weighted by atomic mass is 16.5. The van der Waals surface area contributed by atoms with Crippen LogP contribution in [0.25, 0.3) is 10.8 Å². The Labute approximate surface area is 245 Å². The maximum atomic E-state index is 13.3. The van der Waals surface area contributed by atoms with Gasteiger partial charge in [0.25, 0.3) is 5.91 Å². The number of phenolic OH excluding ortho intramolecular Hbond substituents is 1. The number of hydrogen-bond acceptors (Lipinski definition) is 6. The van der Waals surface area contributed by atoms with Gasteiger partial charge in [0.1, 0.15) is 23.0 Å². The first-order valence-corrected chi connectivity index (χ1v) is 13.8. The molecule has 5 rings (SSSR count). The number of benzene rings is 5. The van der Waals surface area contributed by atoms with Gasteiger partial charge >= 0.3 is 0 Å². The number of carbonyl (C=O) groups excluding carboxylic acids is 1. The van der Waals surface area contributed by atoms with Gasteiger partial charge in [-0.05, 0) is 72.0 Å². The molecule has 0 radical (unpaired) electrons. The third kappa shape index (κ3) is 6.25. The summed E-state index contributed by atoms with van der Waals surface area (Å²) in [6.07, 6.45) is 1.05. The first-order valence-electron chi connectivity index (χ1n) is 13.8. The van der Waals surface area contributed by atoms with E-state index in [-0.39, 0.29) is 16.7 Å². The van der Waals surface area contributed by atoms with E-state index in [1.807, 2.05) is 36.4 Å². The fourth-order valence-electron chi connectivity index (χ4n) is 4.50. The van der Waals surface area contributed by atoms with Gasteiger partial charge in [-0.15, -0.1) is 5.11 Å². The number of aromatic hydroxyl groups is 1. The van der Waals surface area contributed by atoms with Crippen molar-refractivity contribution in [3.8, 4) is 23.0 Å². The number of rotatable bonds is 9. The molecular weight excluding hydrogens is 526 g/mol. The Bertz CT molecular complexity index is 1740. The fraction of sp³-hybridized carbons (Fsp3) is 0.171. The molecule has 2 N–H and O–H groups in total. The Hall–Kier alpha value is -5.17. The number of carbonyl (C=O) groups is 1. The number of fused-ring (bicyclic) bond motifs is 1. The molecular formula is C35H33N3O4. The van der Waals surface area contributed by atoms with Gasteiger partial charge < -0.3 is 19.9 Å². The Morgan fingerprint density at radius 3 is 2.14 bits per heavy atom. The lowest BCUT2D eigenvalue weighted by Gasteiger charge is -2.23. The Balaban J connectivity index is 1.34. The van der Waals surface area contributed by atoms with Gasteiger partial charge in [0.05, 0.1) is 24.0 Å². The Morgan fingerprint density at radius 2 is 1.48 bits per heavy atom. The van der Waals surface area contributed by atoms with Gasteiger partial charge in [0.2, 0.25) is 0 Å². The summed E-state index contributed by atoms with van der Waals surface area (Å²) in [6, 6.07) is 31.1. The SMILES string of the molecule is CCC(C)(C)c1ccc(Oc2ccc(NC(=O)c3cc(N=Nc4cccc(OC)c4)c4ccccc4c3O)cc2)cc1. The number of methoxy groups -OCH3 is 1. The molecule has 0 atom stereocenters. The largest absolute Gasteiger partial charge is 0.506 e. The van der Waals surface area contributed by atoms with E-state index in [1.165, 1.54) is 11.6 Å². The molecule has 0 aliphatic heterocycles. The van der Waals surface area contributed by atoms with Gasteiger partial charge in [-0.25, -0.2) is 0 Å². The predicted molar refractivity (Wildman–Crippen MR) is 167 cm³/mol. The molecule has 0 saturated carbocycles. The van der Waals surface area contributed by atoms with Gasteiger partial charge in [-0.3, -0.25) is 4.79 Å². The van der Waals surface area contributed by atoms with Crippen LogP contribution in [0.5, 0.6) is 23.0 Å². The van der Waals surface area contributed by atoms with Crippen molar-refractivity contribution in [3.05, 3.63) is 114 Å². The summed E-state index contributed by atoms with van der Waals surface area (Å²) in [5.74, 6) is 1.44. The average molecular weight is 560 g/mol. The Kier molecular flexibility index (Phi) is 8.20. The smallest absolute Gasteiger partial charge is 0.259 e. The third-order valence-electron chi connectivity index (χ3n) is 7.43. The molecule has 0 spiro atoms. The van der Waals surface area contributed by atoms with Crippen LogP contribution in [0, 0.1) is 0 Å². The fourth-order valence-corrected chi connectivity index (χ4v) is 4.50. The minimum absolute atomic E-state index is 0.0868. The molecule has 0 saturated heterocycles. The third-order valence-corrected chi connectivity index (χ3v) is 7.43. The lowest BCUT2D eigenvalue weighted by molar-refractivity contribution is 0.102. The van der Waals surface area contributed by atoms with Crippen LogP contribution in [-0.2, 0) is 5.41 Å². The summed E-state index contributed by atoms with van der Waals surface area (Å²) in [4.78, 5) is 13.3. The number of phenols is 1. The highest BCUT2D eigenvalue weighted by molar-refractivity contribution is 6.12. The van der Waals surface area contributed by atoms with E-state index in [1.54, 1.807) is 55.6 Å². The highest BCUT2D eigenvalue weighted by Gasteiger charge is 2.19. The molecule has 1 amide bonds. The zero-order valence-corrected chi connectivity index (χ0v) is 24.1. The van der Waals surface area contributed by atoms with E-state index in [0.29, 0.717) is 39.3 Å². The van der Waals surface area contributed by atoms with E-state index in [0.717, 1.165) is 12.2 Å². The van der Waals surface area contributed by atoms with Crippen molar-refractivity contribution in [1.29, 1.82) is 0 Å². The van der Waals surface area contributed by atoms with Crippen LogP contribution in [0.2, 0.25) is 0 Å². The number of nitrogens with zero attached hydrogens (tertiary/aromatic N) is 2. The van der Waals surface area contributed by atoms with Gasteiger partial charge in [0, 0.05) is 22.5 Å². The molecule has 0 aliphatic carbocycles. The van der Waals surface area contributed by atoms with Crippen LogP contribution in [0.15, 0.2) is 113 Å². The lowest BCUT2D eigenvalue weighted by Crippen LogP contribution is -2.14. The number of nitrogens with one attached hydrogen (secondary N) is 1. The minimum atomic E-state index is -0.473. The van der Waals surface area contributed by atoms with Crippen LogP contribution >= 0.6 is 0 Å². The maximum absolute atomic E-state index is 13.3. The van der Waals surface area contributed by atoms with Gasteiger partial charge in [0.15, 0.2) is 0 Å². The van der Waals surface area contributed by atoms with Crippen molar-refractivity contribution < 1.29 is 19.4 Å². The van der Waals surface area contributed by atoms with Crippen LogP contribution in [0.4, 0.5) is 17.1 Å². The van der Waals surface area contributed by atoms with Crippen molar-refractivity contribution in [2.24, 2.45) is 10.2 Å². The second kappa shape index (κ2) is 12.1. The Morgan fingerprint density at radius 1 is 0.810 bits per heavy atom. The zero-order valence-electron chi connectivity index (χ0n) is 24.1. The van der Waals surface area contributed by atoms with Crippen LogP contribution in [0.3, 0.4) is 0 Å². The molecule has 0 aromatic heterocycles. The molecule has 7 heteroatoms. The first kappa shape index (κ1) is 28.4. The second-order valence-corrected chi connectivity index (χ2v) is 10.6. The number of ether oxygens (including phenoxy) is 2. The summed E-state index contributed by atoms with van der Waals surface area (Å²) in [5, 5.41) is 23.8. The average Bonchev–Trinajstić information content (AvgIpc) is 3.02. The van der Waals surface area contributed by atoms with Crippen molar-refractivity contribution in [2.75, 3.05) is 12.4 Å². The normalized spacial score (nSPS) is 11.5.